The van der Waals surface area contributed by atoms with E-state index in [0.29, 0.717) is 11.4 Å². The number of amides is 1. The number of ether oxygens (including phenoxy) is 1. The summed E-state index contributed by atoms with van der Waals surface area (Å²) in [6.45, 7) is -0.194. The molecule has 6 heteroatoms. The quantitative estimate of drug-likeness (QED) is 0.592. The molecule has 27 heavy (non-hydrogen) atoms. The predicted molar refractivity (Wildman–Crippen MR) is 107 cm³/mol. The lowest BCUT2D eigenvalue weighted by molar-refractivity contribution is -0.118. The van der Waals surface area contributed by atoms with Gasteiger partial charge in [-0.25, -0.2) is 4.79 Å². The first kappa shape index (κ1) is 18.7. The molecule has 0 aromatic heterocycles. The molecular weight excluding hydrogens is 410 g/mol. The van der Waals surface area contributed by atoms with E-state index in [2.05, 4.69) is 21.2 Å². The van der Waals surface area contributed by atoms with Crippen molar-refractivity contribution in [2.24, 2.45) is 0 Å². The summed E-state index contributed by atoms with van der Waals surface area (Å²) < 4.78 is 6.30. The van der Waals surface area contributed by atoms with Crippen molar-refractivity contribution in [2.45, 2.75) is 0 Å². The van der Waals surface area contributed by atoms with Gasteiger partial charge in [0.05, 0.1) is 10.0 Å². The van der Waals surface area contributed by atoms with Crippen molar-refractivity contribution in [2.75, 3.05) is 11.9 Å². The molecule has 0 heterocycles. The molecule has 0 aliphatic heterocycles. The Morgan fingerprint density at radius 1 is 0.926 bits per heavy atom. The number of carboxylic acid groups (broad SMARTS) is 1. The van der Waals surface area contributed by atoms with Crippen molar-refractivity contribution in [3.05, 3.63) is 82.8 Å². The molecule has 0 aliphatic carbocycles. The van der Waals surface area contributed by atoms with Gasteiger partial charge in [-0.05, 0) is 57.4 Å². The number of aromatic carboxylic acids is 1. The molecule has 0 bridgehead atoms. The van der Waals surface area contributed by atoms with Crippen LogP contribution in [0.4, 0.5) is 5.69 Å². The third-order valence-electron chi connectivity index (χ3n) is 3.79. The summed E-state index contributed by atoms with van der Waals surface area (Å²) in [4.78, 5) is 23.0. The van der Waals surface area contributed by atoms with E-state index in [9.17, 15) is 9.59 Å². The van der Waals surface area contributed by atoms with E-state index < -0.39 is 5.97 Å². The van der Waals surface area contributed by atoms with E-state index >= 15 is 0 Å². The fourth-order valence-corrected chi connectivity index (χ4v) is 2.99. The Balaban J connectivity index is 1.62. The van der Waals surface area contributed by atoms with E-state index in [4.69, 9.17) is 9.84 Å². The lowest BCUT2D eigenvalue weighted by Crippen LogP contribution is -2.20. The van der Waals surface area contributed by atoms with Crippen LogP contribution in [0.2, 0.25) is 0 Å². The van der Waals surface area contributed by atoms with Crippen LogP contribution in [-0.4, -0.2) is 23.6 Å². The lowest BCUT2D eigenvalue weighted by Gasteiger charge is -2.11. The average molecular weight is 426 g/mol. The Morgan fingerprint density at radius 3 is 2.41 bits per heavy atom. The fraction of sp³-hybridized carbons (Fsp3) is 0.0476. The van der Waals surface area contributed by atoms with E-state index in [1.165, 1.54) is 12.1 Å². The van der Waals surface area contributed by atoms with Crippen molar-refractivity contribution >= 4 is 33.5 Å². The fourth-order valence-electron chi connectivity index (χ4n) is 2.50. The van der Waals surface area contributed by atoms with E-state index in [0.717, 1.165) is 15.6 Å². The Hall–Kier alpha value is -3.12. The average Bonchev–Trinajstić information content (AvgIpc) is 2.68. The van der Waals surface area contributed by atoms with Crippen molar-refractivity contribution in [3.63, 3.8) is 0 Å². The first-order chi connectivity index (χ1) is 13.0. The number of carbonyl (C=O) groups excluding carboxylic acids is 1. The van der Waals surface area contributed by atoms with Gasteiger partial charge in [-0.15, -0.1) is 0 Å². The SMILES string of the molecule is O=C(COc1ccc(-c2ccccc2)cc1Br)Nc1cccc(C(=O)O)c1. The maximum absolute atomic E-state index is 12.1. The molecule has 0 radical (unpaired) electrons. The van der Waals surface area contributed by atoms with Crippen LogP contribution >= 0.6 is 15.9 Å². The molecule has 0 aliphatic rings. The van der Waals surface area contributed by atoms with Gasteiger partial charge in [0.25, 0.3) is 5.91 Å². The topological polar surface area (TPSA) is 75.6 Å². The smallest absolute Gasteiger partial charge is 0.335 e. The highest BCUT2D eigenvalue weighted by Gasteiger charge is 2.09. The number of hydrogen-bond donors (Lipinski definition) is 2. The van der Waals surface area contributed by atoms with Gasteiger partial charge < -0.3 is 15.2 Å². The van der Waals surface area contributed by atoms with Crippen LogP contribution in [0.25, 0.3) is 11.1 Å². The van der Waals surface area contributed by atoms with Crippen LogP contribution < -0.4 is 10.1 Å². The van der Waals surface area contributed by atoms with Crippen LogP contribution in [0.5, 0.6) is 5.75 Å². The minimum atomic E-state index is -1.05. The van der Waals surface area contributed by atoms with Crippen LogP contribution in [0.1, 0.15) is 10.4 Å². The Bertz CT molecular complexity index is 973. The highest BCUT2D eigenvalue weighted by Crippen LogP contribution is 2.30. The van der Waals surface area contributed by atoms with E-state index in [1.54, 1.807) is 18.2 Å². The molecule has 0 fully saturated rings. The van der Waals surface area contributed by atoms with Crippen LogP contribution in [-0.2, 0) is 4.79 Å². The zero-order valence-electron chi connectivity index (χ0n) is 14.2. The number of rotatable bonds is 6. The molecule has 3 aromatic carbocycles. The molecule has 0 saturated heterocycles. The molecule has 0 unspecified atom stereocenters. The van der Waals surface area contributed by atoms with Gasteiger partial charge in [0.1, 0.15) is 5.75 Å². The van der Waals surface area contributed by atoms with Crippen LogP contribution in [0, 0.1) is 0 Å². The lowest BCUT2D eigenvalue weighted by atomic mass is 10.1. The molecule has 3 aromatic rings. The van der Waals surface area contributed by atoms with Gasteiger partial charge in [-0.1, -0.05) is 42.5 Å². The number of halogens is 1. The normalized spacial score (nSPS) is 10.3. The molecule has 0 atom stereocenters. The van der Waals surface area contributed by atoms with Gasteiger partial charge in [0, 0.05) is 5.69 Å². The van der Waals surface area contributed by atoms with E-state index in [-0.39, 0.29) is 18.1 Å². The second-order valence-corrected chi connectivity index (χ2v) is 6.59. The summed E-state index contributed by atoms with van der Waals surface area (Å²) in [7, 11) is 0. The van der Waals surface area contributed by atoms with Crippen LogP contribution in [0.3, 0.4) is 0 Å². The number of nitrogens with one attached hydrogen (secondary N) is 1. The first-order valence-electron chi connectivity index (χ1n) is 8.14. The van der Waals surface area contributed by atoms with Gasteiger partial charge in [-0.2, -0.15) is 0 Å². The van der Waals surface area contributed by atoms with Crippen molar-refractivity contribution in [1.29, 1.82) is 0 Å². The number of hydrogen-bond acceptors (Lipinski definition) is 3. The molecule has 1 amide bonds. The summed E-state index contributed by atoms with van der Waals surface area (Å²) in [6, 6.07) is 21.6. The summed E-state index contributed by atoms with van der Waals surface area (Å²) in [5.41, 5.74) is 2.63. The zero-order valence-corrected chi connectivity index (χ0v) is 15.8. The van der Waals surface area contributed by atoms with Crippen LogP contribution in [0.15, 0.2) is 77.3 Å². The maximum Gasteiger partial charge on any atom is 0.335 e. The van der Waals surface area contributed by atoms with Gasteiger partial charge in [0.15, 0.2) is 6.61 Å². The second-order valence-electron chi connectivity index (χ2n) is 5.73. The highest BCUT2D eigenvalue weighted by molar-refractivity contribution is 9.10. The molecular formula is C21H16BrNO4. The van der Waals surface area contributed by atoms with Gasteiger partial charge in [-0.3, -0.25) is 4.79 Å². The van der Waals surface area contributed by atoms with Crippen molar-refractivity contribution in [3.8, 4) is 16.9 Å². The third-order valence-corrected chi connectivity index (χ3v) is 4.41. The van der Waals surface area contributed by atoms with E-state index in [1.807, 2.05) is 42.5 Å². The van der Waals surface area contributed by atoms with Gasteiger partial charge >= 0.3 is 5.97 Å². The number of anilines is 1. The minimum absolute atomic E-state index is 0.105. The molecule has 5 nitrogen and oxygen atoms in total. The number of carbonyl (C=O) groups is 2. The first-order valence-corrected chi connectivity index (χ1v) is 8.93. The number of benzene rings is 3. The molecule has 136 valence electrons. The van der Waals surface area contributed by atoms with Crippen molar-refractivity contribution < 1.29 is 19.4 Å². The second kappa shape index (κ2) is 8.51. The number of carboxylic acids is 1. The molecule has 2 N–H and O–H groups in total. The standard InChI is InChI=1S/C21H16BrNO4/c22-18-12-15(14-5-2-1-3-6-14)9-10-19(18)27-13-20(24)23-17-8-4-7-16(11-17)21(25)26/h1-12H,13H2,(H,23,24)(H,25,26). The maximum atomic E-state index is 12.1. The Kier molecular flexibility index (Phi) is 5.88. The Morgan fingerprint density at radius 2 is 1.70 bits per heavy atom. The summed E-state index contributed by atoms with van der Waals surface area (Å²) >= 11 is 3.46. The monoisotopic (exact) mass is 425 g/mol. The zero-order chi connectivity index (χ0) is 19.2. The minimum Gasteiger partial charge on any atom is -0.483 e. The molecule has 3 rings (SSSR count). The summed E-state index contributed by atoms with van der Waals surface area (Å²) in [6.07, 6.45) is 0. The van der Waals surface area contributed by atoms with Crippen molar-refractivity contribution in [1.82, 2.24) is 0 Å². The summed E-state index contributed by atoms with van der Waals surface area (Å²) in [5, 5.41) is 11.6. The Labute approximate surface area is 164 Å². The highest BCUT2D eigenvalue weighted by atomic mass is 79.9. The summed E-state index contributed by atoms with van der Waals surface area (Å²) in [5.74, 6) is -0.884. The molecule has 0 spiro atoms. The molecule has 0 saturated carbocycles. The predicted octanol–water partition coefficient (Wildman–Crippen LogP) is 4.83. The third kappa shape index (κ3) is 4.95. The van der Waals surface area contributed by atoms with Gasteiger partial charge in [0.2, 0.25) is 0 Å². The largest absolute Gasteiger partial charge is 0.483 e.